The predicted octanol–water partition coefficient (Wildman–Crippen LogP) is 3.14. The van der Waals surface area contributed by atoms with Gasteiger partial charge in [0, 0.05) is 38.5 Å². The maximum absolute atomic E-state index is 12.1. The summed E-state index contributed by atoms with van der Waals surface area (Å²) in [4.78, 5) is 16.1. The second kappa shape index (κ2) is 8.20. The molecule has 5 nitrogen and oxygen atoms in total. The molecule has 1 aromatic rings. The van der Waals surface area contributed by atoms with Gasteiger partial charge in [0.2, 0.25) is 0 Å². The molecular formula is C19H28N2O3. The molecule has 1 amide bonds. The lowest BCUT2D eigenvalue weighted by molar-refractivity contribution is 0.0240. The molecule has 2 rings (SSSR count). The second-order valence-corrected chi connectivity index (χ2v) is 6.96. The van der Waals surface area contributed by atoms with E-state index in [2.05, 4.69) is 29.2 Å². The first-order chi connectivity index (χ1) is 11.4. The smallest absolute Gasteiger partial charge is 0.410 e. The lowest BCUT2D eigenvalue weighted by Crippen LogP contribution is -2.50. The summed E-state index contributed by atoms with van der Waals surface area (Å²) >= 11 is 0. The summed E-state index contributed by atoms with van der Waals surface area (Å²) in [6.45, 7) is 8.79. The van der Waals surface area contributed by atoms with Crippen LogP contribution in [0.5, 0.6) is 0 Å². The number of ether oxygens (including phenoxy) is 1. The van der Waals surface area contributed by atoms with Crippen molar-refractivity contribution < 1.29 is 14.6 Å². The molecule has 0 spiro atoms. The topological polar surface area (TPSA) is 53.0 Å². The van der Waals surface area contributed by atoms with Crippen LogP contribution in [0.1, 0.15) is 32.8 Å². The van der Waals surface area contributed by atoms with Crippen LogP contribution in [0.4, 0.5) is 10.5 Å². The predicted molar refractivity (Wildman–Crippen MR) is 97.2 cm³/mol. The standard InChI is InChI=1S/C19H28N2O3/c1-19(2,3)24-18(23)21-13-11-20(12-14-21)17-9-7-16(8-10-17)6-4-5-15-22/h4,6-10,22H,5,11-15H2,1-3H3. The molecule has 24 heavy (non-hydrogen) atoms. The zero-order valence-corrected chi connectivity index (χ0v) is 14.9. The molecule has 1 saturated heterocycles. The fourth-order valence-electron chi connectivity index (χ4n) is 2.56. The fraction of sp³-hybridized carbons (Fsp3) is 0.526. The fourth-order valence-corrected chi connectivity index (χ4v) is 2.56. The Hall–Kier alpha value is -2.01. The molecule has 1 fully saturated rings. The summed E-state index contributed by atoms with van der Waals surface area (Å²) in [5.74, 6) is 0. The number of carbonyl (C=O) groups excluding carboxylic acids is 1. The molecule has 1 aromatic carbocycles. The van der Waals surface area contributed by atoms with E-state index in [9.17, 15) is 4.79 Å². The van der Waals surface area contributed by atoms with Gasteiger partial charge in [-0.05, 0) is 44.9 Å². The van der Waals surface area contributed by atoms with Crippen molar-refractivity contribution in [1.29, 1.82) is 0 Å². The summed E-state index contributed by atoms with van der Waals surface area (Å²) in [6, 6.07) is 8.34. The van der Waals surface area contributed by atoms with E-state index in [1.807, 2.05) is 32.9 Å². The van der Waals surface area contributed by atoms with E-state index in [4.69, 9.17) is 9.84 Å². The number of aliphatic hydroxyl groups is 1. The summed E-state index contributed by atoms with van der Waals surface area (Å²) in [5.41, 5.74) is 1.84. The largest absolute Gasteiger partial charge is 0.444 e. The van der Waals surface area contributed by atoms with Gasteiger partial charge in [-0.15, -0.1) is 0 Å². The van der Waals surface area contributed by atoms with Gasteiger partial charge in [0.05, 0.1) is 0 Å². The van der Waals surface area contributed by atoms with Crippen molar-refractivity contribution in [3.63, 3.8) is 0 Å². The van der Waals surface area contributed by atoms with Crippen molar-refractivity contribution in [3.8, 4) is 0 Å². The number of carbonyl (C=O) groups is 1. The Kier molecular flexibility index (Phi) is 6.26. The van der Waals surface area contributed by atoms with Gasteiger partial charge < -0.3 is 19.6 Å². The van der Waals surface area contributed by atoms with Crippen LogP contribution < -0.4 is 4.90 Å². The number of amides is 1. The summed E-state index contributed by atoms with van der Waals surface area (Å²) in [5, 5.41) is 8.79. The molecule has 0 aliphatic carbocycles. The first kappa shape index (κ1) is 18.3. The SMILES string of the molecule is CC(C)(C)OC(=O)N1CCN(c2ccc(C=CCCO)cc2)CC1. The molecule has 1 aliphatic heterocycles. The van der Waals surface area contributed by atoms with Crippen molar-refractivity contribution in [2.75, 3.05) is 37.7 Å². The van der Waals surface area contributed by atoms with Gasteiger partial charge >= 0.3 is 6.09 Å². The van der Waals surface area contributed by atoms with Crippen molar-refractivity contribution >= 4 is 17.9 Å². The minimum absolute atomic E-state index is 0.177. The van der Waals surface area contributed by atoms with E-state index in [0.717, 1.165) is 24.3 Å². The number of piperazine rings is 1. The zero-order chi connectivity index (χ0) is 17.6. The number of hydrogen-bond donors (Lipinski definition) is 1. The normalized spacial score (nSPS) is 15.8. The van der Waals surface area contributed by atoms with Crippen molar-refractivity contribution in [1.82, 2.24) is 4.90 Å². The lowest BCUT2D eigenvalue weighted by atomic mass is 10.1. The number of nitrogens with zero attached hydrogens (tertiary/aromatic N) is 2. The van der Waals surface area contributed by atoms with Crippen LogP contribution in [0.2, 0.25) is 0 Å². The van der Waals surface area contributed by atoms with Crippen LogP contribution in [0, 0.1) is 0 Å². The molecule has 1 aliphatic rings. The minimum Gasteiger partial charge on any atom is -0.444 e. The molecule has 1 heterocycles. The highest BCUT2D eigenvalue weighted by molar-refractivity contribution is 5.68. The maximum atomic E-state index is 12.1. The molecular weight excluding hydrogens is 304 g/mol. The van der Waals surface area contributed by atoms with E-state index < -0.39 is 5.60 Å². The molecule has 0 unspecified atom stereocenters. The third-order valence-electron chi connectivity index (χ3n) is 3.80. The maximum Gasteiger partial charge on any atom is 0.410 e. The van der Waals surface area contributed by atoms with Crippen molar-refractivity contribution in [3.05, 3.63) is 35.9 Å². The highest BCUT2D eigenvalue weighted by Crippen LogP contribution is 2.19. The van der Waals surface area contributed by atoms with Crippen LogP contribution >= 0.6 is 0 Å². The highest BCUT2D eigenvalue weighted by atomic mass is 16.6. The third-order valence-corrected chi connectivity index (χ3v) is 3.80. The summed E-state index contributed by atoms with van der Waals surface area (Å²) < 4.78 is 5.42. The van der Waals surface area contributed by atoms with Crippen LogP contribution in [-0.2, 0) is 4.74 Å². The van der Waals surface area contributed by atoms with Gasteiger partial charge in [0.1, 0.15) is 5.60 Å². The number of benzene rings is 1. The molecule has 5 heteroatoms. The molecule has 0 bridgehead atoms. The Morgan fingerprint density at radius 2 is 1.79 bits per heavy atom. The Bertz CT molecular complexity index is 553. The monoisotopic (exact) mass is 332 g/mol. The Morgan fingerprint density at radius 1 is 1.17 bits per heavy atom. The lowest BCUT2D eigenvalue weighted by Gasteiger charge is -2.36. The van der Waals surface area contributed by atoms with Crippen LogP contribution in [0.25, 0.3) is 6.08 Å². The van der Waals surface area contributed by atoms with E-state index in [1.54, 1.807) is 4.90 Å². The molecule has 0 aromatic heterocycles. The highest BCUT2D eigenvalue weighted by Gasteiger charge is 2.25. The number of aliphatic hydroxyl groups excluding tert-OH is 1. The van der Waals surface area contributed by atoms with Gasteiger partial charge in [-0.2, -0.15) is 0 Å². The number of rotatable bonds is 4. The Morgan fingerprint density at radius 3 is 2.33 bits per heavy atom. The van der Waals surface area contributed by atoms with Gasteiger partial charge in [-0.3, -0.25) is 0 Å². The van der Waals surface area contributed by atoms with E-state index >= 15 is 0 Å². The molecule has 1 N–H and O–H groups in total. The second-order valence-electron chi connectivity index (χ2n) is 6.96. The average molecular weight is 332 g/mol. The summed E-state index contributed by atoms with van der Waals surface area (Å²) in [6.07, 6.45) is 4.43. The van der Waals surface area contributed by atoms with Crippen molar-refractivity contribution in [2.45, 2.75) is 32.8 Å². The van der Waals surface area contributed by atoms with E-state index in [1.165, 1.54) is 0 Å². The van der Waals surface area contributed by atoms with E-state index in [0.29, 0.717) is 19.5 Å². The first-order valence-electron chi connectivity index (χ1n) is 8.49. The zero-order valence-electron chi connectivity index (χ0n) is 14.9. The Balaban J connectivity index is 1.87. The molecule has 0 radical (unpaired) electrons. The molecule has 132 valence electrons. The number of hydrogen-bond acceptors (Lipinski definition) is 4. The van der Waals surface area contributed by atoms with Crippen LogP contribution in [0.3, 0.4) is 0 Å². The third kappa shape index (κ3) is 5.57. The van der Waals surface area contributed by atoms with Gasteiger partial charge in [-0.1, -0.05) is 24.3 Å². The van der Waals surface area contributed by atoms with Gasteiger partial charge in [0.25, 0.3) is 0 Å². The molecule has 0 saturated carbocycles. The molecule has 0 atom stereocenters. The van der Waals surface area contributed by atoms with Crippen LogP contribution in [-0.4, -0.2) is 54.5 Å². The van der Waals surface area contributed by atoms with Crippen LogP contribution in [0.15, 0.2) is 30.3 Å². The van der Waals surface area contributed by atoms with Crippen molar-refractivity contribution in [2.24, 2.45) is 0 Å². The Labute approximate surface area is 144 Å². The minimum atomic E-state index is -0.451. The summed E-state index contributed by atoms with van der Waals surface area (Å²) in [7, 11) is 0. The average Bonchev–Trinajstić information content (AvgIpc) is 2.54. The number of anilines is 1. The first-order valence-corrected chi connectivity index (χ1v) is 8.49. The van der Waals surface area contributed by atoms with Gasteiger partial charge in [0.15, 0.2) is 0 Å². The van der Waals surface area contributed by atoms with Gasteiger partial charge in [-0.25, -0.2) is 4.79 Å². The van der Waals surface area contributed by atoms with E-state index in [-0.39, 0.29) is 12.7 Å². The quantitative estimate of drug-likeness (QED) is 0.920.